The fourth-order valence-corrected chi connectivity index (χ4v) is 6.08. The van der Waals surface area contributed by atoms with Crippen LogP contribution in [0.15, 0.2) is 29.2 Å². The summed E-state index contributed by atoms with van der Waals surface area (Å²) in [7, 11) is -3.60. The molecule has 0 atom stereocenters. The number of carbonyl (C=O) groups is 2. The molecule has 0 saturated carbocycles. The van der Waals surface area contributed by atoms with Crippen LogP contribution in [0.3, 0.4) is 0 Å². The van der Waals surface area contributed by atoms with E-state index < -0.39 is 15.9 Å². The third-order valence-corrected chi connectivity index (χ3v) is 7.99. The molecule has 2 aliphatic rings. The van der Waals surface area contributed by atoms with Crippen molar-refractivity contribution >= 4 is 38.2 Å². The lowest BCUT2D eigenvalue weighted by atomic mass is 10.0. The molecule has 1 fully saturated rings. The van der Waals surface area contributed by atoms with Gasteiger partial charge in [-0.15, -0.1) is 0 Å². The number of hydrogen-bond acceptors (Lipinski definition) is 6. The van der Waals surface area contributed by atoms with Crippen LogP contribution < -0.4 is 5.32 Å². The number of nitrogens with zero attached hydrogens (tertiary/aromatic N) is 2. The maximum atomic E-state index is 12.8. The molecule has 0 radical (unpaired) electrons. The number of nitrogens with one attached hydrogen (secondary N) is 1. The normalized spacial score (nSPS) is 17.9. The topological polar surface area (TPSA) is 96.4 Å². The molecule has 1 saturated heterocycles. The quantitative estimate of drug-likeness (QED) is 0.821. The molecule has 2 heterocycles. The third kappa shape index (κ3) is 3.74. The fourth-order valence-electron chi connectivity index (χ4n) is 3.54. The van der Waals surface area contributed by atoms with E-state index in [1.165, 1.54) is 27.8 Å². The van der Waals surface area contributed by atoms with Gasteiger partial charge in [-0.05, 0) is 43.9 Å². The highest BCUT2D eigenvalue weighted by Gasteiger charge is 2.27. The van der Waals surface area contributed by atoms with Gasteiger partial charge in [0, 0.05) is 25.1 Å². The molecule has 2 aromatic rings. The first-order chi connectivity index (χ1) is 13.4. The molecule has 1 amide bonds. The highest BCUT2D eigenvalue weighted by molar-refractivity contribution is 7.89. The van der Waals surface area contributed by atoms with Crippen LogP contribution in [0, 0.1) is 0 Å². The second-order valence-electron chi connectivity index (χ2n) is 7.02. The van der Waals surface area contributed by atoms with Crippen LogP contribution in [0.2, 0.25) is 0 Å². The lowest BCUT2D eigenvalue weighted by Crippen LogP contribution is -2.35. The average molecular weight is 420 g/mol. The van der Waals surface area contributed by atoms with Gasteiger partial charge < -0.3 is 0 Å². The van der Waals surface area contributed by atoms with E-state index in [1.54, 1.807) is 12.1 Å². The molecular weight excluding hydrogens is 398 g/mol. The molecule has 1 aromatic carbocycles. The van der Waals surface area contributed by atoms with Crippen LogP contribution in [-0.4, -0.2) is 42.5 Å². The summed E-state index contributed by atoms with van der Waals surface area (Å²) in [5, 5.41) is 3.07. The summed E-state index contributed by atoms with van der Waals surface area (Å²) >= 11 is 1.18. The van der Waals surface area contributed by atoms with Crippen molar-refractivity contribution in [3.8, 4) is 0 Å². The Labute approximate surface area is 167 Å². The van der Waals surface area contributed by atoms with E-state index in [-0.39, 0.29) is 16.2 Å². The molecule has 1 aromatic heterocycles. The fraction of sp³-hybridized carbons (Fsp3) is 0.421. The summed E-state index contributed by atoms with van der Waals surface area (Å²) in [6.45, 7) is 1.02. The molecule has 7 nitrogen and oxygen atoms in total. The molecule has 0 bridgehead atoms. The van der Waals surface area contributed by atoms with E-state index in [2.05, 4.69) is 10.3 Å². The number of aromatic nitrogens is 1. The Bertz CT molecular complexity index is 1020. The van der Waals surface area contributed by atoms with Crippen LogP contribution in [0.4, 0.5) is 5.13 Å². The van der Waals surface area contributed by atoms with Crippen molar-refractivity contribution in [3.05, 3.63) is 40.4 Å². The van der Waals surface area contributed by atoms with Crippen molar-refractivity contribution in [2.75, 3.05) is 18.4 Å². The van der Waals surface area contributed by atoms with Crippen molar-refractivity contribution in [2.24, 2.45) is 0 Å². The van der Waals surface area contributed by atoms with Gasteiger partial charge in [-0.2, -0.15) is 4.31 Å². The van der Waals surface area contributed by atoms with Gasteiger partial charge >= 0.3 is 0 Å². The number of hydrogen-bond donors (Lipinski definition) is 1. The van der Waals surface area contributed by atoms with Crippen LogP contribution in [0.5, 0.6) is 0 Å². The minimum Gasteiger partial charge on any atom is -0.298 e. The Kier molecular flexibility index (Phi) is 5.31. The summed E-state index contributed by atoms with van der Waals surface area (Å²) in [5.41, 5.74) is 0.982. The Morgan fingerprint density at radius 3 is 2.64 bits per heavy atom. The summed E-state index contributed by atoms with van der Waals surface area (Å²) < 4.78 is 27.2. The van der Waals surface area contributed by atoms with Crippen molar-refractivity contribution < 1.29 is 18.0 Å². The van der Waals surface area contributed by atoms with Crippen LogP contribution in [-0.2, 0) is 16.4 Å². The molecule has 9 heteroatoms. The van der Waals surface area contributed by atoms with Crippen LogP contribution in [0.1, 0.15) is 57.8 Å². The lowest BCUT2D eigenvalue weighted by Gasteiger charge is -2.26. The second kappa shape index (κ2) is 7.73. The molecule has 0 spiro atoms. The Morgan fingerprint density at radius 1 is 1.11 bits per heavy atom. The largest absolute Gasteiger partial charge is 0.298 e. The van der Waals surface area contributed by atoms with Gasteiger partial charge in [0.25, 0.3) is 5.91 Å². The maximum Gasteiger partial charge on any atom is 0.257 e. The zero-order valence-electron chi connectivity index (χ0n) is 15.3. The predicted octanol–water partition coefficient (Wildman–Crippen LogP) is 3.09. The van der Waals surface area contributed by atoms with E-state index in [4.69, 9.17) is 0 Å². The van der Waals surface area contributed by atoms with E-state index in [0.717, 1.165) is 37.8 Å². The number of sulfonamides is 1. The second-order valence-corrected chi connectivity index (χ2v) is 9.96. The van der Waals surface area contributed by atoms with Gasteiger partial charge in [0.15, 0.2) is 10.9 Å². The van der Waals surface area contributed by atoms with Gasteiger partial charge in [-0.25, -0.2) is 13.4 Å². The number of amides is 1. The molecule has 1 N–H and O–H groups in total. The number of benzene rings is 1. The predicted molar refractivity (Wildman–Crippen MR) is 106 cm³/mol. The van der Waals surface area contributed by atoms with E-state index in [9.17, 15) is 18.0 Å². The first kappa shape index (κ1) is 19.2. The van der Waals surface area contributed by atoms with Gasteiger partial charge in [0.1, 0.15) is 0 Å². The van der Waals surface area contributed by atoms with Gasteiger partial charge in [0.2, 0.25) is 10.0 Å². The van der Waals surface area contributed by atoms with E-state index in [1.807, 2.05) is 0 Å². The zero-order chi connectivity index (χ0) is 19.7. The smallest absolute Gasteiger partial charge is 0.257 e. The van der Waals surface area contributed by atoms with Crippen molar-refractivity contribution in [1.29, 1.82) is 0 Å². The van der Waals surface area contributed by atoms with Crippen LogP contribution in [0.25, 0.3) is 0 Å². The number of piperidine rings is 1. The number of carbonyl (C=O) groups excluding carboxylic acids is 2. The van der Waals surface area contributed by atoms with Crippen molar-refractivity contribution in [1.82, 2.24) is 9.29 Å². The molecular formula is C19H21N3O4S2. The average Bonchev–Trinajstić information content (AvgIpc) is 3.12. The van der Waals surface area contributed by atoms with Crippen LogP contribution >= 0.6 is 11.3 Å². The number of fused-ring (bicyclic) bond motifs is 1. The molecule has 148 valence electrons. The number of aryl methyl sites for hydroxylation is 1. The summed E-state index contributed by atoms with van der Waals surface area (Å²) in [6.07, 6.45) is 4.77. The minimum absolute atomic E-state index is 0.0638. The first-order valence-electron chi connectivity index (χ1n) is 9.39. The van der Waals surface area contributed by atoms with Gasteiger partial charge in [-0.3, -0.25) is 14.9 Å². The SMILES string of the molecule is O=C(Nc1nc2c(s1)C(=O)CCC2)c1cccc(S(=O)(=O)N2CCCCC2)c1. The first-order valence-corrected chi connectivity index (χ1v) is 11.7. The standard InChI is InChI=1S/C19H21N3O4S2/c23-16-9-5-8-15-17(16)27-19(20-15)21-18(24)13-6-4-7-14(12-13)28(25,26)22-10-2-1-3-11-22/h4,6-7,12H,1-3,5,8-11H2,(H,20,21,24). The monoisotopic (exact) mass is 419 g/mol. The van der Waals surface area contributed by atoms with Crippen molar-refractivity contribution in [2.45, 2.75) is 43.4 Å². The number of thiazole rings is 1. The number of ketones is 1. The van der Waals surface area contributed by atoms with Gasteiger partial charge in [-0.1, -0.05) is 23.8 Å². The van der Waals surface area contributed by atoms with E-state index >= 15 is 0 Å². The van der Waals surface area contributed by atoms with Gasteiger partial charge in [0.05, 0.1) is 15.5 Å². The lowest BCUT2D eigenvalue weighted by molar-refractivity contribution is 0.0975. The number of rotatable bonds is 4. The zero-order valence-corrected chi connectivity index (χ0v) is 16.9. The highest BCUT2D eigenvalue weighted by atomic mass is 32.2. The number of anilines is 1. The molecule has 0 unspecified atom stereocenters. The van der Waals surface area contributed by atoms with E-state index in [0.29, 0.717) is 29.5 Å². The molecule has 1 aliphatic heterocycles. The number of Topliss-reactive ketones (excluding diaryl/α,β-unsaturated/α-hetero) is 1. The summed E-state index contributed by atoms with van der Waals surface area (Å²) in [4.78, 5) is 29.7. The van der Waals surface area contributed by atoms with Crippen molar-refractivity contribution in [3.63, 3.8) is 0 Å². The minimum atomic E-state index is -3.60. The third-order valence-electron chi connectivity index (χ3n) is 5.04. The summed E-state index contributed by atoms with van der Waals surface area (Å²) in [6, 6.07) is 6.06. The molecule has 1 aliphatic carbocycles. The maximum absolute atomic E-state index is 12.8. The highest BCUT2D eigenvalue weighted by Crippen LogP contribution is 2.30. The Hall–Kier alpha value is -2.10. The molecule has 4 rings (SSSR count). The summed E-state index contributed by atoms with van der Waals surface area (Å²) in [5.74, 6) is -0.372. The Morgan fingerprint density at radius 2 is 1.89 bits per heavy atom. The molecule has 28 heavy (non-hydrogen) atoms. The Balaban J connectivity index is 1.54.